The summed E-state index contributed by atoms with van der Waals surface area (Å²) in [5, 5.41) is 4.47. The van der Waals surface area contributed by atoms with E-state index in [0.717, 1.165) is 99.8 Å². The number of benzene rings is 8. The number of aromatic nitrogens is 1. The second-order valence-corrected chi connectivity index (χ2v) is 14.3. The number of furan rings is 2. The normalized spacial score (nSPS) is 11.6. The van der Waals surface area contributed by atoms with Gasteiger partial charge in [0.2, 0.25) is 0 Å². The molecule has 0 aliphatic rings. The summed E-state index contributed by atoms with van der Waals surface area (Å²) in [5.74, 6) is 0. The van der Waals surface area contributed by atoms with Gasteiger partial charge in [0.15, 0.2) is 0 Å². The Bertz CT molecular complexity index is 3070. The average Bonchev–Trinajstić information content (AvgIpc) is 3.86. The maximum Gasteiger partial charge on any atom is 0.143 e. The Labute approximate surface area is 323 Å². The zero-order chi connectivity index (χ0) is 37.0. The van der Waals surface area contributed by atoms with Crippen LogP contribution in [0.3, 0.4) is 0 Å². The molecule has 3 aromatic heterocycles. The highest BCUT2D eigenvalue weighted by molar-refractivity contribution is 6.10. The van der Waals surface area contributed by atoms with Crippen LogP contribution in [0.25, 0.3) is 111 Å². The van der Waals surface area contributed by atoms with Gasteiger partial charge in [-0.3, -0.25) is 0 Å². The van der Waals surface area contributed by atoms with Crippen LogP contribution in [0.1, 0.15) is 0 Å². The molecule has 11 aromatic rings. The Morgan fingerprint density at radius 3 is 1.20 bits per heavy atom. The number of para-hydroxylation sites is 4. The Morgan fingerprint density at radius 2 is 0.661 bits per heavy atom. The standard InChI is InChI=1S/C53H33NO2/c1-2-12-34(13-3-1)35-26-28-36(29-27-35)41-32-48(39-16-8-14-37(30-39)42-20-10-22-46-44-18-4-6-24-50(44)55-52(42)46)54-49(33-41)40-17-9-15-38(31-40)43-21-11-23-47-45-19-5-7-25-51(45)56-53(43)47/h1-33H. The molecule has 0 saturated heterocycles. The largest absolute Gasteiger partial charge is 0.455 e. The molecule has 8 aromatic carbocycles. The molecule has 0 N–H and O–H groups in total. The van der Waals surface area contributed by atoms with Gasteiger partial charge in [-0.25, -0.2) is 4.98 Å². The van der Waals surface area contributed by atoms with Crippen LogP contribution in [-0.4, -0.2) is 4.98 Å². The maximum absolute atomic E-state index is 6.45. The number of pyridine rings is 1. The van der Waals surface area contributed by atoms with Crippen molar-refractivity contribution in [3.63, 3.8) is 0 Å². The van der Waals surface area contributed by atoms with Crippen LogP contribution in [-0.2, 0) is 0 Å². The van der Waals surface area contributed by atoms with Crippen LogP contribution in [0.2, 0.25) is 0 Å². The highest BCUT2D eigenvalue weighted by Gasteiger charge is 2.16. The van der Waals surface area contributed by atoms with E-state index in [9.17, 15) is 0 Å². The molecule has 0 aliphatic heterocycles. The van der Waals surface area contributed by atoms with Gasteiger partial charge in [-0.2, -0.15) is 0 Å². The van der Waals surface area contributed by atoms with E-state index in [4.69, 9.17) is 13.8 Å². The molecule has 3 heteroatoms. The number of hydrogen-bond donors (Lipinski definition) is 0. The van der Waals surface area contributed by atoms with Gasteiger partial charge >= 0.3 is 0 Å². The SMILES string of the molecule is c1ccc(-c2ccc(-c3cc(-c4cccc(-c5cccc6c5oc5ccccc56)c4)nc(-c4cccc(-c5cccc6c5oc5ccccc56)c4)c3)cc2)cc1. The molecule has 0 spiro atoms. The van der Waals surface area contributed by atoms with Gasteiger partial charge in [-0.15, -0.1) is 0 Å². The predicted octanol–water partition coefficient (Wildman–Crippen LogP) is 14.9. The number of hydrogen-bond acceptors (Lipinski definition) is 3. The van der Waals surface area contributed by atoms with Gasteiger partial charge in [0.05, 0.1) is 11.4 Å². The fourth-order valence-corrected chi connectivity index (χ4v) is 8.12. The third-order valence-corrected chi connectivity index (χ3v) is 10.9. The molecule has 11 rings (SSSR count). The van der Waals surface area contributed by atoms with E-state index in [1.807, 2.05) is 24.3 Å². The molecule has 0 bridgehead atoms. The quantitative estimate of drug-likeness (QED) is 0.172. The lowest BCUT2D eigenvalue weighted by Crippen LogP contribution is -1.92. The van der Waals surface area contributed by atoms with Crippen molar-refractivity contribution in [1.29, 1.82) is 0 Å². The lowest BCUT2D eigenvalue weighted by Gasteiger charge is -2.13. The van der Waals surface area contributed by atoms with E-state index in [1.165, 1.54) is 11.1 Å². The molecule has 0 atom stereocenters. The molecular formula is C53H33NO2. The molecule has 0 saturated carbocycles. The Kier molecular flexibility index (Phi) is 7.49. The summed E-state index contributed by atoms with van der Waals surface area (Å²) in [6.45, 7) is 0. The maximum atomic E-state index is 6.45. The van der Waals surface area contributed by atoms with Gasteiger partial charge in [-0.1, -0.05) is 164 Å². The Balaban J connectivity index is 1.06. The van der Waals surface area contributed by atoms with Crippen molar-refractivity contribution >= 4 is 43.9 Å². The van der Waals surface area contributed by atoms with Crippen molar-refractivity contribution in [1.82, 2.24) is 4.98 Å². The van der Waals surface area contributed by atoms with E-state index in [2.05, 4.69) is 176 Å². The van der Waals surface area contributed by atoms with Gasteiger partial charge in [0.25, 0.3) is 0 Å². The van der Waals surface area contributed by atoms with Crippen molar-refractivity contribution in [3.05, 3.63) is 200 Å². The van der Waals surface area contributed by atoms with Crippen molar-refractivity contribution in [3.8, 4) is 67.0 Å². The third kappa shape index (κ3) is 5.49. The average molecular weight is 716 g/mol. The number of rotatable bonds is 6. The van der Waals surface area contributed by atoms with Crippen molar-refractivity contribution in [2.45, 2.75) is 0 Å². The highest BCUT2D eigenvalue weighted by atomic mass is 16.3. The van der Waals surface area contributed by atoms with Crippen LogP contribution >= 0.6 is 0 Å². The van der Waals surface area contributed by atoms with E-state index in [0.29, 0.717) is 0 Å². The summed E-state index contributed by atoms with van der Waals surface area (Å²) in [6, 6.07) is 70.3. The van der Waals surface area contributed by atoms with Crippen LogP contribution in [0.4, 0.5) is 0 Å². The summed E-state index contributed by atoms with van der Waals surface area (Å²) in [5.41, 5.74) is 16.3. The molecule has 0 aliphatic carbocycles. The minimum atomic E-state index is 0.891. The molecule has 0 fully saturated rings. The van der Waals surface area contributed by atoms with Gasteiger partial charge < -0.3 is 8.83 Å². The minimum Gasteiger partial charge on any atom is -0.455 e. The fourth-order valence-electron chi connectivity index (χ4n) is 8.12. The summed E-state index contributed by atoms with van der Waals surface area (Å²) in [4.78, 5) is 5.38. The van der Waals surface area contributed by atoms with Crippen LogP contribution < -0.4 is 0 Å². The minimum absolute atomic E-state index is 0.891. The molecular weight excluding hydrogens is 683 g/mol. The first-order chi connectivity index (χ1) is 27.7. The molecule has 3 nitrogen and oxygen atoms in total. The van der Waals surface area contributed by atoms with E-state index >= 15 is 0 Å². The first-order valence-electron chi connectivity index (χ1n) is 18.9. The smallest absolute Gasteiger partial charge is 0.143 e. The fraction of sp³-hybridized carbons (Fsp3) is 0. The van der Waals surface area contributed by atoms with Crippen LogP contribution in [0, 0.1) is 0 Å². The van der Waals surface area contributed by atoms with E-state index in [1.54, 1.807) is 0 Å². The summed E-state index contributed by atoms with van der Waals surface area (Å²) in [7, 11) is 0. The third-order valence-electron chi connectivity index (χ3n) is 10.9. The topological polar surface area (TPSA) is 39.2 Å². The van der Waals surface area contributed by atoms with E-state index in [-0.39, 0.29) is 0 Å². The predicted molar refractivity (Wildman–Crippen MR) is 231 cm³/mol. The molecule has 0 unspecified atom stereocenters. The summed E-state index contributed by atoms with van der Waals surface area (Å²) < 4.78 is 12.9. The lowest BCUT2D eigenvalue weighted by atomic mass is 9.95. The first-order valence-corrected chi connectivity index (χ1v) is 18.9. The van der Waals surface area contributed by atoms with Gasteiger partial charge in [0.1, 0.15) is 22.3 Å². The van der Waals surface area contributed by atoms with Crippen molar-refractivity contribution < 1.29 is 8.83 Å². The second kappa shape index (κ2) is 13.1. The zero-order valence-electron chi connectivity index (χ0n) is 30.3. The highest BCUT2D eigenvalue weighted by Crippen LogP contribution is 2.40. The number of fused-ring (bicyclic) bond motifs is 6. The van der Waals surface area contributed by atoms with Gasteiger partial charge in [-0.05, 0) is 69.8 Å². The monoisotopic (exact) mass is 715 g/mol. The second-order valence-electron chi connectivity index (χ2n) is 14.3. The Hall–Kier alpha value is -7.49. The van der Waals surface area contributed by atoms with Gasteiger partial charge in [0, 0.05) is 43.8 Å². The molecule has 0 radical (unpaired) electrons. The van der Waals surface area contributed by atoms with Crippen LogP contribution in [0.5, 0.6) is 0 Å². The van der Waals surface area contributed by atoms with Crippen molar-refractivity contribution in [2.24, 2.45) is 0 Å². The molecule has 3 heterocycles. The lowest BCUT2D eigenvalue weighted by molar-refractivity contribution is 0.669. The molecule has 0 amide bonds. The summed E-state index contributed by atoms with van der Waals surface area (Å²) >= 11 is 0. The number of nitrogens with zero attached hydrogens (tertiary/aromatic N) is 1. The Morgan fingerprint density at radius 1 is 0.268 bits per heavy atom. The van der Waals surface area contributed by atoms with Crippen LogP contribution in [0.15, 0.2) is 209 Å². The summed E-state index contributed by atoms with van der Waals surface area (Å²) in [6.07, 6.45) is 0. The van der Waals surface area contributed by atoms with Crippen molar-refractivity contribution in [2.75, 3.05) is 0 Å². The van der Waals surface area contributed by atoms with E-state index < -0.39 is 0 Å². The molecule has 56 heavy (non-hydrogen) atoms. The zero-order valence-corrected chi connectivity index (χ0v) is 30.3. The molecule has 262 valence electrons. The first kappa shape index (κ1) is 32.0.